The summed E-state index contributed by atoms with van der Waals surface area (Å²) in [5, 5.41) is 19.3. The third-order valence-corrected chi connectivity index (χ3v) is 8.52. The van der Waals surface area contributed by atoms with Crippen LogP contribution in [-0.2, 0) is 9.59 Å². The molecule has 0 fully saturated rings. The van der Waals surface area contributed by atoms with Crippen LogP contribution in [0, 0.1) is 5.41 Å². The SMILES string of the molecule is CCCCCCCCCCCCCCC(CCCCCCCCCCCCCC)(CCCC(=O)O)C(=O)O. The minimum Gasteiger partial charge on any atom is -0.481 e. The molecule has 0 aliphatic carbocycles. The van der Waals surface area contributed by atoms with Crippen LogP contribution in [0.3, 0.4) is 0 Å². The van der Waals surface area contributed by atoms with Crippen LogP contribution < -0.4 is 0 Å². The van der Waals surface area contributed by atoms with E-state index in [1.165, 1.54) is 128 Å². The zero-order valence-electron chi connectivity index (χ0n) is 25.7. The lowest BCUT2D eigenvalue weighted by Crippen LogP contribution is -2.31. The summed E-state index contributed by atoms with van der Waals surface area (Å²) >= 11 is 0. The maximum atomic E-state index is 12.4. The van der Waals surface area contributed by atoms with Gasteiger partial charge in [0.05, 0.1) is 5.41 Å². The summed E-state index contributed by atoms with van der Waals surface area (Å²) in [4.78, 5) is 23.5. The highest BCUT2D eigenvalue weighted by molar-refractivity contribution is 5.74. The van der Waals surface area contributed by atoms with Crippen molar-refractivity contribution in [3.8, 4) is 0 Å². The van der Waals surface area contributed by atoms with Gasteiger partial charge in [-0.1, -0.05) is 168 Å². The quantitative estimate of drug-likeness (QED) is 0.0860. The van der Waals surface area contributed by atoms with Crippen LogP contribution in [0.2, 0.25) is 0 Å². The summed E-state index contributed by atoms with van der Waals surface area (Å²) in [6.45, 7) is 4.52. The average molecular weight is 539 g/mol. The van der Waals surface area contributed by atoms with Gasteiger partial charge < -0.3 is 10.2 Å². The predicted molar refractivity (Wildman–Crippen MR) is 163 cm³/mol. The predicted octanol–water partition coefficient (Wildman–Crippen LogP) is 11.5. The van der Waals surface area contributed by atoms with Crippen molar-refractivity contribution in [3.63, 3.8) is 0 Å². The molecule has 0 aromatic heterocycles. The molecule has 0 aliphatic heterocycles. The smallest absolute Gasteiger partial charge is 0.309 e. The van der Waals surface area contributed by atoms with E-state index >= 15 is 0 Å². The molecule has 0 amide bonds. The van der Waals surface area contributed by atoms with Crippen molar-refractivity contribution in [1.29, 1.82) is 0 Å². The molecule has 0 saturated heterocycles. The number of carboxylic acids is 2. The normalized spacial score (nSPS) is 11.7. The van der Waals surface area contributed by atoms with Crippen LogP contribution >= 0.6 is 0 Å². The van der Waals surface area contributed by atoms with Crippen molar-refractivity contribution in [2.24, 2.45) is 5.41 Å². The Kier molecular flexibility index (Phi) is 26.7. The number of hydrogen-bond acceptors (Lipinski definition) is 2. The van der Waals surface area contributed by atoms with E-state index in [9.17, 15) is 14.7 Å². The molecular formula is C34H66O4. The molecule has 226 valence electrons. The van der Waals surface area contributed by atoms with Crippen LogP contribution in [0.5, 0.6) is 0 Å². The van der Waals surface area contributed by atoms with Gasteiger partial charge in [0.2, 0.25) is 0 Å². The Labute approximate surface area is 237 Å². The van der Waals surface area contributed by atoms with Gasteiger partial charge in [-0.25, -0.2) is 0 Å². The molecule has 0 radical (unpaired) electrons. The average Bonchev–Trinajstić information content (AvgIpc) is 2.89. The van der Waals surface area contributed by atoms with E-state index in [-0.39, 0.29) is 6.42 Å². The number of rotatable bonds is 31. The number of hydrogen-bond donors (Lipinski definition) is 2. The molecule has 0 aromatic carbocycles. The van der Waals surface area contributed by atoms with Crippen LogP contribution in [0.4, 0.5) is 0 Å². The monoisotopic (exact) mass is 538 g/mol. The Balaban J connectivity index is 4.19. The summed E-state index contributed by atoms with van der Waals surface area (Å²) in [6, 6.07) is 0. The first-order valence-electron chi connectivity index (χ1n) is 16.9. The Morgan fingerprint density at radius 1 is 0.421 bits per heavy atom. The topological polar surface area (TPSA) is 74.6 Å². The zero-order valence-corrected chi connectivity index (χ0v) is 25.7. The lowest BCUT2D eigenvalue weighted by atomic mass is 9.74. The molecular weight excluding hydrogens is 472 g/mol. The van der Waals surface area contributed by atoms with Gasteiger partial charge in [0.25, 0.3) is 0 Å². The van der Waals surface area contributed by atoms with Gasteiger partial charge in [-0.15, -0.1) is 0 Å². The molecule has 0 bridgehead atoms. The summed E-state index contributed by atoms with van der Waals surface area (Å²) in [5.41, 5.74) is -0.730. The fourth-order valence-electron chi connectivity index (χ4n) is 5.88. The van der Waals surface area contributed by atoms with Gasteiger partial charge in [-0.2, -0.15) is 0 Å². The van der Waals surface area contributed by atoms with Crippen LogP contribution in [0.15, 0.2) is 0 Å². The lowest BCUT2D eigenvalue weighted by molar-refractivity contribution is -0.151. The number of carbonyl (C=O) groups is 2. The van der Waals surface area contributed by atoms with Crippen LogP contribution in [0.1, 0.15) is 200 Å². The van der Waals surface area contributed by atoms with E-state index < -0.39 is 17.4 Å². The Bertz CT molecular complexity index is 503. The number of unbranched alkanes of at least 4 members (excludes halogenated alkanes) is 22. The molecule has 0 unspecified atom stereocenters. The molecule has 0 spiro atoms. The summed E-state index contributed by atoms with van der Waals surface area (Å²) < 4.78 is 0. The van der Waals surface area contributed by atoms with Gasteiger partial charge in [0.15, 0.2) is 0 Å². The first-order valence-corrected chi connectivity index (χ1v) is 16.9. The van der Waals surface area contributed by atoms with Crippen molar-refractivity contribution in [1.82, 2.24) is 0 Å². The second-order valence-electron chi connectivity index (χ2n) is 12.1. The second-order valence-corrected chi connectivity index (χ2v) is 12.1. The number of aliphatic carboxylic acids is 2. The van der Waals surface area contributed by atoms with Crippen molar-refractivity contribution in [2.45, 2.75) is 200 Å². The van der Waals surface area contributed by atoms with Crippen molar-refractivity contribution in [2.75, 3.05) is 0 Å². The molecule has 0 heterocycles. The standard InChI is InChI=1S/C34H66O4/c1-3-5-7-9-11-13-15-17-19-21-23-25-29-34(33(37)38,31-27-28-32(35)36)30-26-24-22-20-18-16-14-12-10-8-6-4-2/h3-31H2,1-2H3,(H,35,36)(H,37,38). The van der Waals surface area contributed by atoms with Crippen molar-refractivity contribution >= 4 is 11.9 Å². The van der Waals surface area contributed by atoms with E-state index in [2.05, 4.69) is 13.8 Å². The first-order chi connectivity index (χ1) is 18.5. The fraction of sp³-hybridized carbons (Fsp3) is 0.941. The summed E-state index contributed by atoms with van der Waals surface area (Å²) in [5.74, 6) is -1.52. The molecule has 0 aromatic rings. The van der Waals surface area contributed by atoms with Gasteiger partial charge in [-0.3, -0.25) is 9.59 Å². The molecule has 0 aliphatic rings. The second kappa shape index (κ2) is 27.5. The lowest BCUT2D eigenvalue weighted by Gasteiger charge is -2.30. The summed E-state index contributed by atoms with van der Waals surface area (Å²) in [7, 11) is 0. The molecule has 4 nitrogen and oxygen atoms in total. The van der Waals surface area contributed by atoms with Gasteiger partial charge in [0.1, 0.15) is 0 Å². The zero-order chi connectivity index (χ0) is 28.2. The Hall–Kier alpha value is -1.06. The third-order valence-electron chi connectivity index (χ3n) is 8.52. The maximum absolute atomic E-state index is 12.4. The molecule has 0 saturated carbocycles. The third kappa shape index (κ3) is 22.9. The molecule has 38 heavy (non-hydrogen) atoms. The van der Waals surface area contributed by atoms with Gasteiger partial charge in [-0.05, 0) is 25.7 Å². The van der Waals surface area contributed by atoms with Gasteiger partial charge >= 0.3 is 11.9 Å². The van der Waals surface area contributed by atoms with Crippen molar-refractivity contribution in [3.05, 3.63) is 0 Å². The Morgan fingerprint density at radius 3 is 0.947 bits per heavy atom. The van der Waals surface area contributed by atoms with E-state index in [1.807, 2.05) is 0 Å². The van der Waals surface area contributed by atoms with Crippen LogP contribution in [0.25, 0.3) is 0 Å². The van der Waals surface area contributed by atoms with Gasteiger partial charge in [0, 0.05) is 6.42 Å². The van der Waals surface area contributed by atoms with E-state index in [0.29, 0.717) is 25.7 Å². The minimum absolute atomic E-state index is 0.0753. The molecule has 2 N–H and O–H groups in total. The first kappa shape index (κ1) is 36.9. The maximum Gasteiger partial charge on any atom is 0.309 e. The minimum atomic E-state index is -0.819. The highest BCUT2D eigenvalue weighted by atomic mass is 16.4. The highest BCUT2D eigenvalue weighted by Gasteiger charge is 2.36. The van der Waals surface area contributed by atoms with Crippen molar-refractivity contribution < 1.29 is 19.8 Å². The van der Waals surface area contributed by atoms with E-state index in [4.69, 9.17) is 5.11 Å². The molecule has 0 atom stereocenters. The highest BCUT2D eigenvalue weighted by Crippen LogP contribution is 2.37. The largest absolute Gasteiger partial charge is 0.481 e. The fourth-order valence-corrected chi connectivity index (χ4v) is 5.88. The Morgan fingerprint density at radius 2 is 0.684 bits per heavy atom. The molecule has 0 rings (SSSR count). The summed E-state index contributed by atoms with van der Waals surface area (Å²) in [6.07, 6.45) is 33.1. The number of carboxylic acid groups (broad SMARTS) is 2. The van der Waals surface area contributed by atoms with E-state index in [0.717, 1.165) is 25.7 Å². The van der Waals surface area contributed by atoms with E-state index in [1.54, 1.807) is 0 Å². The van der Waals surface area contributed by atoms with Crippen LogP contribution in [-0.4, -0.2) is 22.2 Å². The molecule has 4 heteroatoms.